The van der Waals surface area contributed by atoms with Crippen LogP contribution in [0.2, 0.25) is 0 Å². The number of benzene rings is 10. The summed E-state index contributed by atoms with van der Waals surface area (Å²) in [5.74, 6) is 6.08. The van der Waals surface area contributed by atoms with E-state index in [2.05, 4.69) is 182 Å². The first-order chi connectivity index (χ1) is 29.1. The summed E-state index contributed by atoms with van der Waals surface area (Å²) < 4.78 is 0. The topological polar surface area (TPSA) is 0 Å². The summed E-state index contributed by atoms with van der Waals surface area (Å²) >= 11 is 0. The molecule has 0 fully saturated rings. The van der Waals surface area contributed by atoms with Crippen LogP contribution >= 0.6 is 15.8 Å². The summed E-state index contributed by atoms with van der Waals surface area (Å²) in [7, 11) is -1.69. The van der Waals surface area contributed by atoms with Gasteiger partial charge in [0, 0.05) is 0 Å². The van der Waals surface area contributed by atoms with Crippen molar-refractivity contribution in [1.29, 1.82) is 0 Å². The maximum absolute atomic E-state index is 7.13. The van der Waals surface area contributed by atoms with Crippen molar-refractivity contribution >= 4 is 80.2 Å². The SMILES string of the molecule is [Au+].[Au+].[C-]#Cc1ccc2cc3ccccc3cc2c1.[C-]#Cc1ccc2cc3ccccc3cc2c1.c1ccc([PH+](C[PH+](c2ccccc2)c2ccccc2)c2ccccc2)cc1. The van der Waals surface area contributed by atoms with Gasteiger partial charge < -0.3 is 12.8 Å². The molecule has 0 atom stereocenters. The van der Waals surface area contributed by atoms with Crippen molar-refractivity contribution in [3.63, 3.8) is 0 Å². The van der Waals surface area contributed by atoms with E-state index in [1.54, 1.807) is 0 Å². The molecule has 0 aromatic heterocycles. The van der Waals surface area contributed by atoms with Gasteiger partial charge in [0.05, 0.1) is 0 Å². The fourth-order valence-electron chi connectivity index (χ4n) is 7.51. The van der Waals surface area contributed by atoms with Crippen LogP contribution in [0, 0.1) is 24.7 Å². The first kappa shape index (κ1) is 45.2. The maximum atomic E-state index is 7.13. The molecule has 0 bridgehead atoms. The van der Waals surface area contributed by atoms with Crippen LogP contribution in [0.25, 0.3) is 43.1 Å². The molecule has 0 saturated heterocycles. The van der Waals surface area contributed by atoms with Crippen LogP contribution in [-0.4, -0.2) is 5.90 Å². The van der Waals surface area contributed by atoms with E-state index < -0.39 is 15.8 Å². The summed E-state index contributed by atoms with van der Waals surface area (Å²) in [4.78, 5) is 0. The second kappa shape index (κ2) is 22.5. The average Bonchev–Trinajstić information content (AvgIpc) is 3.31. The van der Waals surface area contributed by atoms with Gasteiger partial charge in [0.1, 0.15) is 37.1 Å². The van der Waals surface area contributed by atoms with E-state index in [0.717, 1.165) is 21.9 Å². The first-order valence-corrected chi connectivity index (χ1v) is 23.2. The minimum absolute atomic E-state index is 0. The maximum Gasteiger partial charge on any atom is 1.00 e. The van der Waals surface area contributed by atoms with Crippen molar-refractivity contribution in [1.82, 2.24) is 0 Å². The largest absolute Gasteiger partial charge is 1.00 e. The molecule has 61 heavy (non-hydrogen) atoms. The van der Waals surface area contributed by atoms with Crippen LogP contribution in [0.4, 0.5) is 0 Å². The molecule has 10 aromatic rings. The van der Waals surface area contributed by atoms with Gasteiger partial charge in [-0.1, -0.05) is 133 Å². The standard InChI is InChI=1S/C25H22P2.2C16H9.2Au/c1-5-13-22(14-6-1)26(23-15-7-2-8-16-23)21-27(24-17-9-3-10-18-24)25-19-11-4-12-20-25;2*1-2-12-7-8-15-10-13-5-3-4-6-14(13)11-16(15)9-12;;/h1-20H,21H2;2*3-11H;;/q;2*-1;2*+1/p+2. The van der Waals surface area contributed by atoms with Crippen molar-refractivity contribution in [3.8, 4) is 11.8 Å². The van der Waals surface area contributed by atoms with Gasteiger partial charge in [0.25, 0.3) is 0 Å². The monoisotopic (exact) mass is 1180 g/mol. The van der Waals surface area contributed by atoms with Crippen molar-refractivity contribution in [2.75, 3.05) is 5.90 Å². The fraction of sp³-hybridized carbons (Fsp3) is 0.0175. The van der Waals surface area contributed by atoms with Gasteiger partial charge in [-0.25, -0.2) is 0 Å². The van der Waals surface area contributed by atoms with Gasteiger partial charge in [-0.05, 0) is 116 Å². The second-order valence-electron chi connectivity index (χ2n) is 14.4. The third kappa shape index (κ3) is 11.5. The molecule has 0 heterocycles. The van der Waals surface area contributed by atoms with Gasteiger partial charge in [-0.15, -0.1) is 35.4 Å². The Morgan fingerprint density at radius 3 is 0.803 bits per heavy atom. The molecule has 0 unspecified atom stereocenters. The molecule has 0 aliphatic heterocycles. The van der Waals surface area contributed by atoms with Crippen molar-refractivity contribution in [2.24, 2.45) is 0 Å². The zero-order chi connectivity index (χ0) is 40.2. The van der Waals surface area contributed by atoms with Crippen LogP contribution in [-0.2, 0) is 44.8 Å². The van der Waals surface area contributed by atoms with E-state index in [1.807, 2.05) is 60.7 Å². The Morgan fingerprint density at radius 1 is 0.279 bits per heavy atom. The molecule has 0 N–H and O–H groups in total. The number of hydrogen-bond donors (Lipinski definition) is 0. The molecule has 0 spiro atoms. The zero-order valence-corrected chi connectivity index (χ0v) is 39.6. The van der Waals surface area contributed by atoms with Gasteiger partial charge in [-0.2, -0.15) is 0 Å². The molecule has 0 radical (unpaired) electrons. The van der Waals surface area contributed by atoms with Crippen molar-refractivity contribution < 1.29 is 44.8 Å². The molecule has 0 saturated carbocycles. The summed E-state index contributed by atoms with van der Waals surface area (Å²) in [6, 6.07) is 81.7. The van der Waals surface area contributed by atoms with Gasteiger partial charge in [0.15, 0.2) is 5.90 Å². The summed E-state index contributed by atoms with van der Waals surface area (Å²) in [5, 5.41) is 15.7. The summed E-state index contributed by atoms with van der Waals surface area (Å²) in [5.41, 5.74) is 1.64. The smallest absolute Gasteiger partial charge is 0.366 e. The molecule has 0 amide bonds. The Bertz CT molecular complexity index is 2760. The Morgan fingerprint density at radius 2 is 0.525 bits per heavy atom. The number of fused-ring (bicyclic) bond motifs is 4. The van der Waals surface area contributed by atoms with Crippen LogP contribution < -0.4 is 21.2 Å². The zero-order valence-electron chi connectivity index (χ0n) is 33.2. The van der Waals surface area contributed by atoms with Gasteiger partial charge in [0.2, 0.25) is 0 Å². The summed E-state index contributed by atoms with van der Waals surface area (Å²) in [6.07, 6.45) is 14.3. The molecule has 0 aliphatic rings. The van der Waals surface area contributed by atoms with Crippen molar-refractivity contribution in [2.45, 2.75) is 0 Å². The minimum Gasteiger partial charge on any atom is -0.366 e. The number of hydrogen-bond acceptors (Lipinski definition) is 0. The van der Waals surface area contributed by atoms with Gasteiger partial charge >= 0.3 is 44.8 Å². The van der Waals surface area contributed by atoms with E-state index in [9.17, 15) is 0 Å². The predicted molar refractivity (Wildman–Crippen MR) is 261 cm³/mol. The van der Waals surface area contributed by atoms with E-state index in [1.165, 1.54) is 59.4 Å². The molecular formula is C57H42Au2P2+2. The average molecular weight is 1180 g/mol. The third-order valence-corrected chi connectivity index (χ3v) is 17.5. The van der Waals surface area contributed by atoms with E-state index >= 15 is 0 Å². The van der Waals surface area contributed by atoms with E-state index in [0.29, 0.717) is 0 Å². The fourth-order valence-corrected chi connectivity index (χ4v) is 15.2. The van der Waals surface area contributed by atoms with Crippen LogP contribution in [0.5, 0.6) is 0 Å². The van der Waals surface area contributed by atoms with E-state index in [-0.39, 0.29) is 44.8 Å². The molecule has 10 aromatic carbocycles. The first-order valence-electron chi connectivity index (χ1n) is 19.8. The van der Waals surface area contributed by atoms with Crippen LogP contribution in [0.1, 0.15) is 11.1 Å². The number of rotatable bonds is 6. The van der Waals surface area contributed by atoms with Crippen LogP contribution in [0.15, 0.2) is 231 Å². The Hall–Kier alpha value is -5.30. The molecular weight excluding hydrogens is 1140 g/mol. The minimum atomic E-state index is -0.847. The molecule has 0 aliphatic carbocycles. The summed E-state index contributed by atoms with van der Waals surface area (Å²) in [6.45, 7) is 0. The van der Waals surface area contributed by atoms with Gasteiger partial charge in [-0.3, -0.25) is 11.8 Å². The molecule has 10 rings (SSSR count). The van der Waals surface area contributed by atoms with Crippen LogP contribution in [0.3, 0.4) is 0 Å². The third-order valence-electron chi connectivity index (χ3n) is 10.5. The predicted octanol–water partition coefficient (Wildman–Crippen LogP) is 12.5. The Labute approximate surface area is 394 Å². The van der Waals surface area contributed by atoms with E-state index in [4.69, 9.17) is 12.8 Å². The van der Waals surface area contributed by atoms with Crippen molar-refractivity contribution in [3.05, 3.63) is 254 Å². The molecule has 4 heteroatoms. The molecule has 300 valence electrons. The normalized spacial score (nSPS) is 10.4. The Kier molecular flexibility index (Phi) is 16.7. The molecule has 0 nitrogen and oxygen atoms in total. The second-order valence-corrected chi connectivity index (χ2v) is 20.0. The quantitative estimate of drug-likeness (QED) is 0.0512. The Balaban J connectivity index is 0.000000159.